The molecule has 0 radical (unpaired) electrons. The first kappa shape index (κ1) is 12.2. The molecule has 0 saturated heterocycles. The Morgan fingerprint density at radius 3 is 1.50 bits per heavy atom. The first-order valence-electron chi connectivity index (χ1n) is 5.03. The second-order valence-corrected chi connectivity index (χ2v) is 3.47. The van der Waals surface area contributed by atoms with Crippen molar-refractivity contribution in [3.8, 4) is 0 Å². The molecule has 0 amide bonds. The van der Waals surface area contributed by atoms with Gasteiger partial charge in [-0.15, -0.1) is 0 Å². The maximum atomic E-state index is 9.57. The number of fused-ring (bicyclic) bond motifs is 1. The lowest BCUT2D eigenvalue weighted by atomic mass is 10.1. The van der Waals surface area contributed by atoms with Crippen LogP contribution in [0.3, 0.4) is 0 Å². The number of carboxylic acid groups (broad SMARTS) is 1. The summed E-state index contributed by atoms with van der Waals surface area (Å²) in [7, 11) is 0. The predicted octanol–water partition coefficient (Wildman–Crippen LogP) is 2.26. The SMILES string of the molecule is C[C@H](N)C(=O)O.c1ccc2ccccc2c1. The van der Waals surface area contributed by atoms with E-state index in [9.17, 15) is 4.79 Å². The van der Waals surface area contributed by atoms with E-state index < -0.39 is 12.0 Å². The van der Waals surface area contributed by atoms with E-state index in [1.807, 2.05) is 0 Å². The summed E-state index contributed by atoms with van der Waals surface area (Å²) in [6.45, 7) is 1.42. The van der Waals surface area contributed by atoms with Crippen molar-refractivity contribution in [1.82, 2.24) is 0 Å². The van der Waals surface area contributed by atoms with E-state index in [4.69, 9.17) is 10.8 Å². The van der Waals surface area contributed by atoms with Gasteiger partial charge in [0.1, 0.15) is 6.04 Å². The normalized spacial score (nSPS) is 11.4. The molecule has 16 heavy (non-hydrogen) atoms. The van der Waals surface area contributed by atoms with E-state index >= 15 is 0 Å². The van der Waals surface area contributed by atoms with Gasteiger partial charge in [-0.2, -0.15) is 0 Å². The molecule has 84 valence electrons. The molecule has 0 aromatic heterocycles. The fourth-order valence-electron chi connectivity index (χ4n) is 1.13. The minimum Gasteiger partial charge on any atom is -0.480 e. The van der Waals surface area contributed by atoms with E-state index in [2.05, 4.69) is 48.5 Å². The maximum Gasteiger partial charge on any atom is 0.320 e. The van der Waals surface area contributed by atoms with Gasteiger partial charge in [0.05, 0.1) is 0 Å². The zero-order valence-electron chi connectivity index (χ0n) is 9.13. The third kappa shape index (κ3) is 3.71. The molecule has 0 aliphatic rings. The molecule has 0 saturated carbocycles. The van der Waals surface area contributed by atoms with Crippen molar-refractivity contribution in [2.75, 3.05) is 0 Å². The molecule has 0 heterocycles. The molecular formula is C13H15NO2. The van der Waals surface area contributed by atoms with Crippen LogP contribution in [0.5, 0.6) is 0 Å². The quantitative estimate of drug-likeness (QED) is 0.770. The first-order chi connectivity index (χ1) is 7.61. The summed E-state index contributed by atoms with van der Waals surface area (Å²) in [5, 5.41) is 10.5. The van der Waals surface area contributed by atoms with Crippen molar-refractivity contribution >= 4 is 16.7 Å². The van der Waals surface area contributed by atoms with Crippen molar-refractivity contribution < 1.29 is 9.90 Å². The second-order valence-electron chi connectivity index (χ2n) is 3.47. The number of rotatable bonds is 1. The molecule has 2 rings (SSSR count). The average Bonchev–Trinajstić information content (AvgIpc) is 2.30. The van der Waals surface area contributed by atoms with Crippen molar-refractivity contribution in [2.24, 2.45) is 5.73 Å². The highest BCUT2D eigenvalue weighted by Gasteiger charge is 1.99. The highest BCUT2D eigenvalue weighted by Crippen LogP contribution is 2.11. The monoisotopic (exact) mass is 217 g/mol. The van der Waals surface area contributed by atoms with Crippen molar-refractivity contribution in [3.63, 3.8) is 0 Å². The van der Waals surface area contributed by atoms with Crippen molar-refractivity contribution in [2.45, 2.75) is 13.0 Å². The van der Waals surface area contributed by atoms with Crippen LogP contribution in [-0.2, 0) is 4.79 Å². The van der Waals surface area contributed by atoms with Gasteiger partial charge in [0.2, 0.25) is 0 Å². The summed E-state index contributed by atoms with van der Waals surface area (Å²) in [5.74, 6) is -0.963. The van der Waals surface area contributed by atoms with Gasteiger partial charge in [-0.1, -0.05) is 48.5 Å². The topological polar surface area (TPSA) is 63.3 Å². The Labute approximate surface area is 94.5 Å². The average molecular weight is 217 g/mol. The summed E-state index contributed by atoms with van der Waals surface area (Å²) >= 11 is 0. The lowest BCUT2D eigenvalue weighted by molar-refractivity contribution is -0.138. The van der Waals surface area contributed by atoms with Crippen LogP contribution >= 0.6 is 0 Å². The Kier molecular flexibility index (Phi) is 4.48. The Morgan fingerprint density at radius 1 is 1.06 bits per heavy atom. The van der Waals surface area contributed by atoms with Crippen LogP contribution in [0.15, 0.2) is 48.5 Å². The van der Waals surface area contributed by atoms with Crippen LogP contribution < -0.4 is 5.73 Å². The Morgan fingerprint density at radius 2 is 1.31 bits per heavy atom. The molecule has 2 aromatic carbocycles. The van der Waals surface area contributed by atoms with E-state index in [1.165, 1.54) is 17.7 Å². The largest absolute Gasteiger partial charge is 0.480 e. The van der Waals surface area contributed by atoms with E-state index in [-0.39, 0.29) is 0 Å². The summed E-state index contributed by atoms with van der Waals surface area (Å²) in [6.07, 6.45) is 0. The van der Waals surface area contributed by atoms with Gasteiger partial charge in [0, 0.05) is 0 Å². The molecule has 0 fully saturated rings. The molecule has 0 spiro atoms. The van der Waals surface area contributed by atoms with E-state index in [0.29, 0.717) is 0 Å². The highest BCUT2D eigenvalue weighted by molar-refractivity contribution is 5.82. The molecule has 0 aliphatic carbocycles. The van der Waals surface area contributed by atoms with E-state index in [1.54, 1.807) is 0 Å². The van der Waals surface area contributed by atoms with Crippen LogP contribution in [0.2, 0.25) is 0 Å². The van der Waals surface area contributed by atoms with Crippen molar-refractivity contribution in [3.05, 3.63) is 48.5 Å². The Balaban J connectivity index is 0.000000187. The fraction of sp³-hybridized carbons (Fsp3) is 0.154. The molecule has 3 heteroatoms. The molecule has 3 nitrogen and oxygen atoms in total. The van der Waals surface area contributed by atoms with Gasteiger partial charge < -0.3 is 10.8 Å². The van der Waals surface area contributed by atoms with Crippen LogP contribution in [0.4, 0.5) is 0 Å². The van der Waals surface area contributed by atoms with Gasteiger partial charge in [0.15, 0.2) is 0 Å². The van der Waals surface area contributed by atoms with Crippen LogP contribution in [0.25, 0.3) is 10.8 Å². The number of benzene rings is 2. The van der Waals surface area contributed by atoms with Gasteiger partial charge in [-0.25, -0.2) is 0 Å². The molecule has 0 unspecified atom stereocenters. The summed E-state index contributed by atoms with van der Waals surface area (Å²) in [6, 6.07) is 16.0. The Bertz CT molecular complexity index is 401. The molecule has 1 atom stereocenters. The first-order valence-corrected chi connectivity index (χ1v) is 5.03. The molecule has 3 N–H and O–H groups in total. The van der Waals surface area contributed by atoms with Gasteiger partial charge in [-0.05, 0) is 17.7 Å². The zero-order valence-corrected chi connectivity index (χ0v) is 9.13. The van der Waals surface area contributed by atoms with Crippen LogP contribution in [-0.4, -0.2) is 17.1 Å². The lowest BCUT2D eigenvalue weighted by Crippen LogP contribution is -2.25. The Hall–Kier alpha value is -1.87. The van der Waals surface area contributed by atoms with Crippen LogP contribution in [0.1, 0.15) is 6.92 Å². The summed E-state index contributed by atoms with van der Waals surface area (Å²) in [5.41, 5.74) is 4.84. The predicted molar refractivity (Wildman–Crippen MR) is 65.2 cm³/mol. The zero-order chi connectivity index (χ0) is 12.0. The minimum absolute atomic E-state index is 0.731. The number of aliphatic carboxylic acids is 1. The number of carbonyl (C=O) groups is 1. The standard InChI is InChI=1S/C10H8.C3H7NO2/c1-2-6-10-8-4-3-7-9(10)5-1;1-2(4)3(5)6/h1-8H;2H,4H2,1H3,(H,5,6)/t;2-/m.0/s1. The lowest BCUT2D eigenvalue weighted by Gasteiger charge is -1.92. The van der Waals surface area contributed by atoms with Crippen LogP contribution in [0, 0.1) is 0 Å². The van der Waals surface area contributed by atoms with Gasteiger partial charge in [-0.3, -0.25) is 4.79 Å². The summed E-state index contributed by atoms with van der Waals surface area (Å²) in [4.78, 5) is 9.57. The minimum atomic E-state index is -0.963. The summed E-state index contributed by atoms with van der Waals surface area (Å²) < 4.78 is 0. The third-order valence-corrected chi connectivity index (χ3v) is 2.05. The molecular weight excluding hydrogens is 202 g/mol. The second kappa shape index (κ2) is 5.88. The van der Waals surface area contributed by atoms with Crippen molar-refractivity contribution in [1.29, 1.82) is 0 Å². The molecule has 0 aliphatic heterocycles. The fourth-order valence-corrected chi connectivity index (χ4v) is 1.13. The van der Waals surface area contributed by atoms with Gasteiger partial charge in [0.25, 0.3) is 0 Å². The third-order valence-electron chi connectivity index (χ3n) is 2.05. The number of nitrogens with two attached hydrogens (primary N) is 1. The van der Waals surface area contributed by atoms with Gasteiger partial charge >= 0.3 is 5.97 Å². The maximum absolute atomic E-state index is 9.57. The number of hydrogen-bond acceptors (Lipinski definition) is 2. The molecule has 0 bridgehead atoms. The highest BCUT2D eigenvalue weighted by atomic mass is 16.4. The van der Waals surface area contributed by atoms with E-state index in [0.717, 1.165) is 0 Å². The number of hydrogen-bond donors (Lipinski definition) is 2. The smallest absolute Gasteiger partial charge is 0.320 e. The number of carboxylic acids is 1. The molecule has 2 aromatic rings.